The van der Waals surface area contributed by atoms with E-state index in [0.29, 0.717) is 40.8 Å². The van der Waals surface area contributed by atoms with Crippen LogP contribution in [0.5, 0.6) is 11.5 Å². The minimum atomic E-state index is -3.65. The molecule has 4 rings (SSSR count). The molecule has 1 aromatic heterocycles. The van der Waals surface area contributed by atoms with Crippen LogP contribution in [0.25, 0.3) is 10.2 Å². The lowest BCUT2D eigenvalue weighted by Gasteiger charge is -2.30. The fraction of sp³-hybridized carbons (Fsp3) is 0.517. The monoisotopic (exact) mass is 588 g/mol. The summed E-state index contributed by atoms with van der Waals surface area (Å²) in [7, 11) is 1.20. The Morgan fingerprint density at radius 3 is 2.17 bits per heavy atom. The van der Waals surface area contributed by atoms with Crippen molar-refractivity contribution in [3.8, 4) is 11.5 Å². The number of sulfonamides is 1. The van der Waals surface area contributed by atoms with Gasteiger partial charge in [0.15, 0.2) is 5.13 Å². The van der Waals surface area contributed by atoms with Gasteiger partial charge in [-0.25, -0.2) is 13.4 Å². The number of carbonyl (C=O) groups is 1. The number of anilines is 1. The first-order chi connectivity index (χ1) is 19.2. The summed E-state index contributed by atoms with van der Waals surface area (Å²) >= 11 is 1.37. The molecule has 0 spiro atoms. The highest BCUT2D eigenvalue weighted by Crippen LogP contribution is 2.40. The second-order valence-electron chi connectivity index (χ2n) is 9.97. The van der Waals surface area contributed by atoms with Crippen molar-refractivity contribution in [2.75, 3.05) is 52.3 Å². The largest absolute Gasteiger partial charge is 0.495 e. The van der Waals surface area contributed by atoms with Crippen LogP contribution in [0.3, 0.4) is 0 Å². The third-order valence-electron chi connectivity index (χ3n) is 7.78. The van der Waals surface area contributed by atoms with Crippen molar-refractivity contribution in [2.24, 2.45) is 0 Å². The van der Waals surface area contributed by atoms with E-state index in [1.54, 1.807) is 44.4 Å². The SMILES string of the molecule is CCN(CC)CCN(C(=O)c1ccc(S(=O)(=O)N(C)C2CCCCC2)cc1)c1nc2c(OC)ccc(OC)c2s1. The molecule has 11 heteroatoms. The number of fused-ring (bicyclic) bond motifs is 1. The van der Waals surface area contributed by atoms with Gasteiger partial charge < -0.3 is 14.4 Å². The van der Waals surface area contributed by atoms with E-state index in [0.717, 1.165) is 49.9 Å². The zero-order chi connectivity index (χ0) is 28.9. The number of aromatic nitrogens is 1. The topological polar surface area (TPSA) is 92.3 Å². The molecule has 1 aliphatic rings. The molecule has 0 saturated heterocycles. The van der Waals surface area contributed by atoms with E-state index in [4.69, 9.17) is 14.5 Å². The van der Waals surface area contributed by atoms with Gasteiger partial charge >= 0.3 is 0 Å². The summed E-state index contributed by atoms with van der Waals surface area (Å²) in [4.78, 5) is 22.8. The maximum atomic E-state index is 13.9. The first-order valence-electron chi connectivity index (χ1n) is 13.9. The molecule has 1 fully saturated rings. The Hall–Kier alpha value is -2.73. The number of thiazole rings is 1. The van der Waals surface area contributed by atoms with Crippen LogP contribution in [0.15, 0.2) is 41.3 Å². The van der Waals surface area contributed by atoms with Crippen LogP contribution in [-0.4, -0.2) is 82.0 Å². The van der Waals surface area contributed by atoms with Crippen LogP contribution in [-0.2, 0) is 10.0 Å². The summed E-state index contributed by atoms with van der Waals surface area (Å²) in [6.07, 6.45) is 5.01. The summed E-state index contributed by atoms with van der Waals surface area (Å²) in [6, 6.07) is 9.92. The number of methoxy groups -OCH3 is 2. The van der Waals surface area contributed by atoms with Gasteiger partial charge in [-0.1, -0.05) is 44.4 Å². The van der Waals surface area contributed by atoms with Crippen molar-refractivity contribution in [3.05, 3.63) is 42.0 Å². The molecular formula is C29H40N4O5S2. The average molecular weight is 589 g/mol. The lowest BCUT2D eigenvalue weighted by Crippen LogP contribution is -2.39. The molecule has 3 aromatic rings. The van der Waals surface area contributed by atoms with Gasteiger partial charge in [0.05, 0.1) is 19.1 Å². The van der Waals surface area contributed by atoms with E-state index < -0.39 is 10.0 Å². The second-order valence-corrected chi connectivity index (χ2v) is 12.9. The molecule has 1 heterocycles. The number of hydrogen-bond donors (Lipinski definition) is 0. The third kappa shape index (κ3) is 6.27. The fourth-order valence-corrected chi connectivity index (χ4v) is 7.70. The number of amides is 1. The van der Waals surface area contributed by atoms with Crippen LogP contribution in [0.4, 0.5) is 5.13 Å². The molecule has 0 unspecified atom stereocenters. The highest BCUT2D eigenvalue weighted by atomic mass is 32.2. The van der Waals surface area contributed by atoms with Gasteiger partial charge in [0.25, 0.3) is 5.91 Å². The zero-order valence-electron chi connectivity index (χ0n) is 24.1. The molecule has 0 aliphatic heterocycles. The summed E-state index contributed by atoms with van der Waals surface area (Å²) in [6.45, 7) is 7.00. The van der Waals surface area contributed by atoms with Gasteiger partial charge in [0.2, 0.25) is 10.0 Å². The predicted molar refractivity (Wildman–Crippen MR) is 160 cm³/mol. The minimum Gasteiger partial charge on any atom is -0.495 e. The number of hydrogen-bond acceptors (Lipinski definition) is 8. The zero-order valence-corrected chi connectivity index (χ0v) is 25.7. The van der Waals surface area contributed by atoms with E-state index in [1.165, 1.54) is 27.8 Å². The van der Waals surface area contributed by atoms with E-state index in [2.05, 4.69) is 18.7 Å². The fourth-order valence-electron chi connectivity index (χ4n) is 5.19. The van der Waals surface area contributed by atoms with E-state index >= 15 is 0 Å². The molecule has 0 N–H and O–H groups in total. The summed E-state index contributed by atoms with van der Waals surface area (Å²) in [5.74, 6) is 1.02. The Balaban J connectivity index is 1.66. The van der Waals surface area contributed by atoms with Crippen molar-refractivity contribution >= 4 is 42.6 Å². The number of carbonyl (C=O) groups excluding carboxylic acids is 1. The standard InChI is InChI=1S/C29H40N4O5S2/c1-6-32(7-2)19-20-33(29-30-26-24(37-4)17-18-25(38-5)27(26)39-29)28(34)21-13-15-23(16-14-21)40(35,36)31(3)22-11-9-8-10-12-22/h13-18,22H,6-12,19-20H2,1-5H3. The van der Waals surface area contributed by atoms with Gasteiger partial charge in [-0.05, 0) is 62.3 Å². The van der Waals surface area contributed by atoms with Gasteiger partial charge in [-0.15, -0.1) is 0 Å². The lowest BCUT2D eigenvalue weighted by molar-refractivity contribution is 0.0983. The first-order valence-corrected chi connectivity index (χ1v) is 16.1. The minimum absolute atomic E-state index is 0.0173. The quantitative estimate of drug-likeness (QED) is 0.285. The Bertz CT molecular complexity index is 1360. The average Bonchev–Trinajstić information content (AvgIpc) is 3.44. The highest BCUT2D eigenvalue weighted by molar-refractivity contribution is 7.89. The summed E-state index contributed by atoms with van der Waals surface area (Å²) in [5.41, 5.74) is 1.03. The summed E-state index contributed by atoms with van der Waals surface area (Å²) in [5, 5.41) is 0.531. The van der Waals surface area contributed by atoms with Crippen molar-refractivity contribution in [3.63, 3.8) is 0 Å². The molecule has 1 saturated carbocycles. The number of rotatable bonds is 12. The Labute approximate surface area is 241 Å². The molecule has 2 aromatic carbocycles. The van der Waals surface area contributed by atoms with Gasteiger partial charge in [-0.3, -0.25) is 9.69 Å². The number of benzene rings is 2. The molecule has 1 aliphatic carbocycles. The molecular weight excluding hydrogens is 548 g/mol. The van der Waals surface area contributed by atoms with Crippen molar-refractivity contribution < 1.29 is 22.7 Å². The molecule has 218 valence electrons. The Kier molecular flexibility index (Phi) is 10.0. The predicted octanol–water partition coefficient (Wildman–Crippen LogP) is 5.26. The Morgan fingerprint density at radius 2 is 1.57 bits per heavy atom. The molecule has 0 radical (unpaired) electrons. The maximum Gasteiger partial charge on any atom is 0.260 e. The molecule has 9 nitrogen and oxygen atoms in total. The number of likely N-dealkylation sites (N-methyl/N-ethyl adjacent to an activating group) is 1. The van der Waals surface area contributed by atoms with Gasteiger partial charge in [0, 0.05) is 31.7 Å². The van der Waals surface area contributed by atoms with Crippen LogP contribution in [0.2, 0.25) is 0 Å². The smallest absolute Gasteiger partial charge is 0.260 e. The number of nitrogens with zero attached hydrogens (tertiary/aromatic N) is 4. The van der Waals surface area contributed by atoms with Crippen LogP contribution < -0.4 is 14.4 Å². The molecule has 1 amide bonds. The van der Waals surface area contributed by atoms with Crippen molar-refractivity contribution in [2.45, 2.75) is 56.9 Å². The van der Waals surface area contributed by atoms with Gasteiger partial charge in [-0.2, -0.15) is 4.31 Å². The third-order valence-corrected chi connectivity index (χ3v) is 10.8. The molecule has 0 bridgehead atoms. The normalized spacial score (nSPS) is 14.7. The van der Waals surface area contributed by atoms with E-state index in [1.807, 2.05) is 6.07 Å². The van der Waals surface area contributed by atoms with E-state index in [-0.39, 0.29) is 16.8 Å². The first kappa shape index (κ1) is 30.2. The molecule has 0 atom stereocenters. The number of ether oxygens (including phenoxy) is 2. The van der Waals surface area contributed by atoms with Gasteiger partial charge in [0.1, 0.15) is 21.7 Å². The highest BCUT2D eigenvalue weighted by Gasteiger charge is 2.30. The van der Waals surface area contributed by atoms with Crippen molar-refractivity contribution in [1.82, 2.24) is 14.2 Å². The second kappa shape index (κ2) is 13.3. The van der Waals surface area contributed by atoms with Crippen LogP contribution >= 0.6 is 11.3 Å². The van der Waals surface area contributed by atoms with E-state index in [9.17, 15) is 13.2 Å². The maximum absolute atomic E-state index is 13.9. The van der Waals surface area contributed by atoms with Crippen molar-refractivity contribution in [1.29, 1.82) is 0 Å². The lowest BCUT2D eigenvalue weighted by atomic mass is 9.96. The molecule has 40 heavy (non-hydrogen) atoms. The summed E-state index contributed by atoms with van der Waals surface area (Å²) < 4.78 is 40.0. The Morgan fingerprint density at radius 1 is 0.950 bits per heavy atom. The van der Waals surface area contributed by atoms with Crippen LogP contribution in [0, 0.1) is 0 Å². The van der Waals surface area contributed by atoms with Crippen LogP contribution in [0.1, 0.15) is 56.3 Å².